The number of hydrogen-bond donors (Lipinski definition) is 3. The standard InChI is InChI=1S/C17H18N4O3/c1-18-16-15(20-13(9-19-16)11-7-8-24-10-11)17(22)21-12-5-3-4-6-14(12)23-2/h3-10,17,21-22H,1-2H3,(H,18,19). The number of rotatable bonds is 6. The van der Waals surface area contributed by atoms with Crippen LogP contribution in [0.25, 0.3) is 11.3 Å². The largest absolute Gasteiger partial charge is 0.495 e. The summed E-state index contributed by atoms with van der Waals surface area (Å²) < 4.78 is 10.4. The lowest BCUT2D eigenvalue weighted by Gasteiger charge is -2.18. The number of para-hydroxylation sites is 2. The molecule has 0 aliphatic carbocycles. The Bertz CT molecular complexity index is 805. The van der Waals surface area contributed by atoms with Gasteiger partial charge in [-0.25, -0.2) is 9.97 Å². The molecule has 0 spiro atoms. The monoisotopic (exact) mass is 326 g/mol. The second kappa shape index (κ2) is 7.01. The van der Waals surface area contributed by atoms with Crippen LogP contribution in [0.1, 0.15) is 11.9 Å². The van der Waals surface area contributed by atoms with E-state index in [1.165, 1.54) is 0 Å². The molecule has 3 N–H and O–H groups in total. The van der Waals surface area contributed by atoms with Gasteiger partial charge in [0.05, 0.1) is 37.2 Å². The molecule has 1 atom stereocenters. The van der Waals surface area contributed by atoms with Gasteiger partial charge in [-0.05, 0) is 18.2 Å². The summed E-state index contributed by atoms with van der Waals surface area (Å²) in [4.78, 5) is 8.81. The highest BCUT2D eigenvalue weighted by atomic mass is 16.5. The van der Waals surface area contributed by atoms with Gasteiger partial charge in [0.2, 0.25) is 0 Å². The molecule has 124 valence electrons. The molecule has 0 aliphatic rings. The Morgan fingerprint density at radius 3 is 2.79 bits per heavy atom. The molecule has 0 saturated carbocycles. The fourth-order valence-electron chi connectivity index (χ4n) is 2.32. The SMILES string of the molecule is CNc1ncc(-c2ccoc2)nc1C(O)Nc1ccccc1OC. The molecule has 0 radical (unpaired) electrons. The second-order valence-corrected chi connectivity index (χ2v) is 5.00. The van der Waals surface area contributed by atoms with Crippen LogP contribution in [0.5, 0.6) is 5.75 Å². The molecule has 2 heterocycles. The van der Waals surface area contributed by atoms with Crippen molar-refractivity contribution in [3.05, 3.63) is 54.7 Å². The minimum absolute atomic E-state index is 0.377. The number of aromatic nitrogens is 2. The lowest BCUT2D eigenvalue weighted by molar-refractivity contribution is 0.203. The van der Waals surface area contributed by atoms with Crippen LogP contribution in [-0.4, -0.2) is 29.2 Å². The lowest BCUT2D eigenvalue weighted by Crippen LogP contribution is -2.15. The number of nitrogens with one attached hydrogen (secondary N) is 2. The van der Waals surface area contributed by atoms with Gasteiger partial charge in [-0.15, -0.1) is 0 Å². The first kappa shape index (κ1) is 15.8. The Labute approximate surface area is 139 Å². The second-order valence-electron chi connectivity index (χ2n) is 5.00. The lowest BCUT2D eigenvalue weighted by atomic mass is 10.2. The summed E-state index contributed by atoms with van der Waals surface area (Å²) >= 11 is 0. The van der Waals surface area contributed by atoms with Crippen LogP contribution in [0.3, 0.4) is 0 Å². The molecule has 24 heavy (non-hydrogen) atoms. The Balaban J connectivity index is 1.93. The normalized spacial score (nSPS) is 11.8. The number of hydrogen-bond acceptors (Lipinski definition) is 7. The van der Waals surface area contributed by atoms with Gasteiger partial charge in [0.25, 0.3) is 0 Å². The highest BCUT2D eigenvalue weighted by molar-refractivity contribution is 5.61. The predicted octanol–water partition coefficient (Wildman–Crippen LogP) is 2.89. The summed E-state index contributed by atoms with van der Waals surface area (Å²) in [5.41, 5.74) is 2.43. The van der Waals surface area contributed by atoms with E-state index < -0.39 is 6.23 Å². The molecule has 2 aromatic heterocycles. The average molecular weight is 326 g/mol. The molecule has 1 aromatic carbocycles. The Morgan fingerprint density at radius 2 is 2.08 bits per heavy atom. The third-order valence-corrected chi connectivity index (χ3v) is 3.51. The topological polar surface area (TPSA) is 92.4 Å². The van der Waals surface area contributed by atoms with Crippen molar-refractivity contribution in [2.75, 3.05) is 24.8 Å². The summed E-state index contributed by atoms with van der Waals surface area (Å²) in [5.74, 6) is 1.11. The van der Waals surface area contributed by atoms with Gasteiger partial charge in [0.15, 0.2) is 12.0 Å². The minimum Gasteiger partial charge on any atom is -0.495 e. The Hall–Kier alpha value is -3.06. The summed E-state index contributed by atoms with van der Waals surface area (Å²) in [7, 11) is 3.30. The summed E-state index contributed by atoms with van der Waals surface area (Å²) in [5, 5.41) is 16.5. The van der Waals surface area contributed by atoms with E-state index in [0.29, 0.717) is 28.6 Å². The Morgan fingerprint density at radius 1 is 1.25 bits per heavy atom. The van der Waals surface area contributed by atoms with Crippen LogP contribution < -0.4 is 15.4 Å². The number of benzene rings is 1. The number of aliphatic hydroxyl groups excluding tert-OH is 1. The highest BCUT2D eigenvalue weighted by Crippen LogP contribution is 2.29. The van der Waals surface area contributed by atoms with Gasteiger partial charge in [0, 0.05) is 12.6 Å². The van der Waals surface area contributed by atoms with Crippen LogP contribution in [0.2, 0.25) is 0 Å². The first-order valence-electron chi connectivity index (χ1n) is 7.38. The quantitative estimate of drug-likeness (QED) is 0.600. The molecule has 7 heteroatoms. The number of methoxy groups -OCH3 is 1. The summed E-state index contributed by atoms with van der Waals surface area (Å²) in [6, 6.07) is 9.11. The van der Waals surface area contributed by atoms with Crippen molar-refractivity contribution in [1.29, 1.82) is 0 Å². The van der Waals surface area contributed by atoms with Gasteiger partial charge in [0.1, 0.15) is 11.4 Å². The molecule has 3 aromatic rings. The number of nitrogens with zero attached hydrogens (tertiary/aromatic N) is 2. The van der Waals surface area contributed by atoms with Crippen molar-refractivity contribution in [2.24, 2.45) is 0 Å². The molecule has 1 unspecified atom stereocenters. The third-order valence-electron chi connectivity index (χ3n) is 3.51. The van der Waals surface area contributed by atoms with E-state index in [2.05, 4.69) is 20.6 Å². The maximum absolute atomic E-state index is 10.6. The van der Waals surface area contributed by atoms with Crippen molar-refractivity contribution < 1.29 is 14.3 Å². The fraction of sp³-hybridized carbons (Fsp3) is 0.176. The first-order chi connectivity index (χ1) is 11.7. The average Bonchev–Trinajstić information content (AvgIpc) is 3.16. The predicted molar refractivity (Wildman–Crippen MR) is 90.9 cm³/mol. The van der Waals surface area contributed by atoms with E-state index in [0.717, 1.165) is 5.56 Å². The van der Waals surface area contributed by atoms with Gasteiger partial charge in [-0.3, -0.25) is 0 Å². The highest BCUT2D eigenvalue weighted by Gasteiger charge is 2.18. The van der Waals surface area contributed by atoms with Crippen LogP contribution in [-0.2, 0) is 0 Å². The fourth-order valence-corrected chi connectivity index (χ4v) is 2.32. The maximum atomic E-state index is 10.6. The minimum atomic E-state index is -1.07. The van der Waals surface area contributed by atoms with E-state index >= 15 is 0 Å². The molecule has 7 nitrogen and oxygen atoms in total. The van der Waals surface area contributed by atoms with E-state index in [1.807, 2.05) is 24.3 Å². The zero-order valence-electron chi connectivity index (χ0n) is 13.4. The van der Waals surface area contributed by atoms with Crippen molar-refractivity contribution >= 4 is 11.5 Å². The zero-order chi connectivity index (χ0) is 16.9. The van der Waals surface area contributed by atoms with Gasteiger partial charge < -0.3 is 24.9 Å². The number of anilines is 2. The molecule has 0 aliphatic heterocycles. The van der Waals surface area contributed by atoms with Crippen LogP contribution >= 0.6 is 0 Å². The van der Waals surface area contributed by atoms with Gasteiger partial charge in [-0.2, -0.15) is 0 Å². The van der Waals surface area contributed by atoms with E-state index in [4.69, 9.17) is 9.15 Å². The van der Waals surface area contributed by atoms with Crippen LogP contribution in [0.15, 0.2) is 53.5 Å². The summed E-state index contributed by atoms with van der Waals surface area (Å²) in [6.07, 6.45) is 3.69. The third kappa shape index (κ3) is 3.16. The van der Waals surface area contributed by atoms with Gasteiger partial charge in [-0.1, -0.05) is 12.1 Å². The molecule has 0 amide bonds. The zero-order valence-corrected chi connectivity index (χ0v) is 13.4. The summed E-state index contributed by atoms with van der Waals surface area (Å²) in [6.45, 7) is 0. The van der Waals surface area contributed by atoms with Gasteiger partial charge >= 0.3 is 0 Å². The first-order valence-corrected chi connectivity index (χ1v) is 7.38. The van der Waals surface area contributed by atoms with E-state index in [-0.39, 0.29) is 0 Å². The molecule has 0 saturated heterocycles. The smallest absolute Gasteiger partial charge is 0.171 e. The van der Waals surface area contributed by atoms with Crippen molar-refractivity contribution in [2.45, 2.75) is 6.23 Å². The molecular formula is C17H18N4O3. The Kier molecular flexibility index (Phi) is 4.62. The maximum Gasteiger partial charge on any atom is 0.171 e. The number of ether oxygens (including phenoxy) is 1. The van der Waals surface area contributed by atoms with E-state index in [1.54, 1.807) is 38.9 Å². The number of furan rings is 1. The van der Waals surface area contributed by atoms with Crippen molar-refractivity contribution in [3.8, 4) is 17.0 Å². The van der Waals surface area contributed by atoms with Crippen molar-refractivity contribution in [1.82, 2.24) is 9.97 Å². The molecule has 0 bridgehead atoms. The molecular weight excluding hydrogens is 308 g/mol. The van der Waals surface area contributed by atoms with E-state index in [9.17, 15) is 5.11 Å². The van der Waals surface area contributed by atoms with Crippen LogP contribution in [0.4, 0.5) is 11.5 Å². The van der Waals surface area contributed by atoms with Crippen LogP contribution in [0, 0.1) is 0 Å². The number of aliphatic hydroxyl groups is 1. The molecule has 0 fully saturated rings. The molecule has 3 rings (SSSR count). The van der Waals surface area contributed by atoms with Crippen molar-refractivity contribution in [3.63, 3.8) is 0 Å².